The highest BCUT2D eigenvalue weighted by Gasteiger charge is 2.54. The van der Waals surface area contributed by atoms with E-state index in [9.17, 15) is 9.59 Å². The van der Waals surface area contributed by atoms with E-state index in [0.29, 0.717) is 26.3 Å². The molecule has 1 amide bonds. The number of nitrogens with zero attached hydrogens (tertiary/aromatic N) is 1. The largest absolute Gasteiger partial charge is 0.378 e. The fourth-order valence-corrected chi connectivity index (χ4v) is 3.83. The van der Waals surface area contributed by atoms with Crippen molar-refractivity contribution >= 4 is 11.7 Å². The van der Waals surface area contributed by atoms with E-state index >= 15 is 0 Å². The first kappa shape index (κ1) is 17.5. The number of ether oxygens (including phenoxy) is 1. The molecule has 1 heterocycles. The molecule has 1 aliphatic carbocycles. The molecule has 0 radical (unpaired) electrons. The van der Waals surface area contributed by atoms with Gasteiger partial charge in [-0.25, -0.2) is 0 Å². The molecule has 22 heavy (non-hydrogen) atoms. The number of rotatable bonds is 1. The van der Waals surface area contributed by atoms with Gasteiger partial charge in [0.15, 0.2) is 0 Å². The van der Waals surface area contributed by atoms with Gasteiger partial charge in [-0.1, -0.05) is 41.5 Å². The van der Waals surface area contributed by atoms with E-state index in [4.69, 9.17) is 4.74 Å². The summed E-state index contributed by atoms with van der Waals surface area (Å²) in [5, 5.41) is 0. The highest BCUT2D eigenvalue weighted by molar-refractivity contribution is 6.04. The van der Waals surface area contributed by atoms with Crippen LogP contribution in [0.15, 0.2) is 0 Å². The van der Waals surface area contributed by atoms with Gasteiger partial charge in [-0.2, -0.15) is 0 Å². The second-order valence-corrected chi connectivity index (χ2v) is 8.94. The van der Waals surface area contributed by atoms with Gasteiger partial charge in [0.1, 0.15) is 11.7 Å². The van der Waals surface area contributed by atoms with E-state index in [2.05, 4.69) is 41.5 Å². The third-order valence-corrected chi connectivity index (χ3v) is 5.29. The SMILES string of the molecule is CC(C)(C)C1CC(C(C)(C)C)C(C(=O)N2CCOCC2)C1=O. The minimum absolute atomic E-state index is 0.0216. The Balaban J connectivity index is 2.28. The monoisotopic (exact) mass is 309 g/mol. The van der Waals surface area contributed by atoms with Gasteiger partial charge in [0, 0.05) is 19.0 Å². The van der Waals surface area contributed by atoms with Crippen molar-refractivity contribution < 1.29 is 14.3 Å². The van der Waals surface area contributed by atoms with Crippen molar-refractivity contribution in [2.24, 2.45) is 28.6 Å². The molecule has 0 aromatic heterocycles. The number of carbonyl (C=O) groups is 2. The maximum Gasteiger partial charge on any atom is 0.233 e. The van der Waals surface area contributed by atoms with Crippen LogP contribution < -0.4 is 0 Å². The van der Waals surface area contributed by atoms with E-state index in [0.717, 1.165) is 6.42 Å². The van der Waals surface area contributed by atoms with Crippen molar-refractivity contribution in [2.45, 2.75) is 48.0 Å². The molecule has 3 atom stereocenters. The molecule has 4 heteroatoms. The Hall–Kier alpha value is -0.900. The Bertz CT molecular complexity index is 438. The predicted octanol–water partition coefficient (Wildman–Crippen LogP) is 2.76. The van der Waals surface area contributed by atoms with E-state index < -0.39 is 5.92 Å². The normalized spacial score (nSPS) is 30.7. The highest BCUT2D eigenvalue weighted by Crippen LogP contribution is 2.50. The van der Waals surface area contributed by atoms with Crippen LogP contribution in [0.2, 0.25) is 0 Å². The third-order valence-electron chi connectivity index (χ3n) is 5.29. The number of hydrogen-bond acceptors (Lipinski definition) is 3. The zero-order chi connectivity index (χ0) is 16.7. The van der Waals surface area contributed by atoms with Crippen molar-refractivity contribution in [3.8, 4) is 0 Å². The fraction of sp³-hybridized carbons (Fsp3) is 0.889. The van der Waals surface area contributed by atoms with E-state index in [1.54, 1.807) is 0 Å². The van der Waals surface area contributed by atoms with Crippen LogP contribution in [0, 0.1) is 28.6 Å². The van der Waals surface area contributed by atoms with Crippen molar-refractivity contribution in [1.29, 1.82) is 0 Å². The average Bonchev–Trinajstić information content (AvgIpc) is 2.76. The van der Waals surface area contributed by atoms with Gasteiger partial charge in [-0.3, -0.25) is 9.59 Å². The van der Waals surface area contributed by atoms with E-state index in [1.807, 2.05) is 4.90 Å². The summed E-state index contributed by atoms with van der Waals surface area (Å²) in [6.45, 7) is 15.1. The van der Waals surface area contributed by atoms with Crippen molar-refractivity contribution in [3.63, 3.8) is 0 Å². The van der Waals surface area contributed by atoms with Crippen molar-refractivity contribution in [1.82, 2.24) is 4.90 Å². The molecule has 2 rings (SSSR count). The van der Waals surface area contributed by atoms with Gasteiger partial charge < -0.3 is 9.64 Å². The summed E-state index contributed by atoms with van der Waals surface area (Å²) < 4.78 is 5.33. The predicted molar refractivity (Wildman–Crippen MR) is 86.4 cm³/mol. The van der Waals surface area contributed by atoms with Gasteiger partial charge >= 0.3 is 0 Å². The van der Waals surface area contributed by atoms with Crippen LogP contribution in [0.4, 0.5) is 0 Å². The molecule has 0 spiro atoms. The molecule has 3 unspecified atom stereocenters. The molecule has 4 nitrogen and oxygen atoms in total. The fourth-order valence-electron chi connectivity index (χ4n) is 3.83. The summed E-state index contributed by atoms with van der Waals surface area (Å²) in [6.07, 6.45) is 0.826. The summed E-state index contributed by atoms with van der Waals surface area (Å²) in [5.41, 5.74) is -0.122. The van der Waals surface area contributed by atoms with Gasteiger partial charge in [0.25, 0.3) is 0 Å². The molecule has 0 aromatic rings. The molecule has 0 aromatic carbocycles. The summed E-state index contributed by atoms with van der Waals surface area (Å²) in [5.74, 6) is -0.183. The quantitative estimate of drug-likeness (QED) is 0.700. The van der Waals surface area contributed by atoms with E-state index in [1.165, 1.54) is 0 Å². The number of ketones is 1. The Morgan fingerprint density at radius 2 is 1.59 bits per heavy atom. The van der Waals surface area contributed by atoms with Gasteiger partial charge in [0.05, 0.1) is 13.2 Å². The first-order valence-corrected chi connectivity index (χ1v) is 8.43. The highest BCUT2D eigenvalue weighted by atomic mass is 16.5. The number of amides is 1. The van der Waals surface area contributed by atoms with Crippen LogP contribution in [0.1, 0.15) is 48.0 Å². The molecule has 0 N–H and O–H groups in total. The third kappa shape index (κ3) is 3.37. The average molecular weight is 309 g/mol. The minimum Gasteiger partial charge on any atom is -0.378 e. The van der Waals surface area contributed by atoms with Crippen LogP contribution >= 0.6 is 0 Å². The van der Waals surface area contributed by atoms with Crippen LogP contribution in [0.3, 0.4) is 0 Å². The summed E-state index contributed by atoms with van der Waals surface area (Å²) in [7, 11) is 0. The Morgan fingerprint density at radius 1 is 1.05 bits per heavy atom. The van der Waals surface area contributed by atoms with E-state index in [-0.39, 0.29) is 34.4 Å². The van der Waals surface area contributed by atoms with Crippen LogP contribution in [-0.2, 0) is 14.3 Å². The molecule has 1 saturated carbocycles. The van der Waals surface area contributed by atoms with Crippen molar-refractivity contribution in [3.05, 3.63) is 0 Å². The minimum atomic E-state index is -0.470. The topological polar surface area (TPSA) is 46.6 Å². The first-order valence-electron chi connectivity index (χ1n) is 8.43. The number of hydrogen-bond donors (Lipinski definition) is 0. The number of morpholine rings is 1. The molecule has 2 fully saturated rings. The molecule has 1 saturated heterocycles. The standard InChI is InChI=1S/C18H31NO3/c1-17(2,3)12-11-13(18(4,5)6)15(20)14(12)16(21)19-7-9-22-10-8-19/h12-14H,7-11H2,1-6H3. The number of carbonyl (C=O) groups excluding carboxylic acids is 2. The Kier molecular flexibility index (Phi) is 4.72. The maximum atomic E-state index is 13.0. The lowest BCUT2D eigenvalue weighted by Gasteiger charge is -2.35. The molecule has 0 bridgehead atoms. The van der Waals surface area contributed by atoms with Crippen LogP contribution in [0.5, 0.6) is 0 Å². The Labute approximate surface area is 134 Å². The molecular weight excluding hydrogens is 278 g/mol. The van der Waals surface area contributed by atoms with Gasteiger partial charge in [-0.05, 0) is 23.2 Å². The van der Waals surface area contributed by atoms with Gasteiger partial charge in [-0.15, -0.1) is 0 Å². The van der Waals surface area contributed by atoms with Crippen molar-refractivity contribution in [2.75, 3.05) is 26.3 Å². The zero-order valence-electron chi connectivity index (χ0n) is 14.9. The lowest BCUT2D eigenvalue weighted by molar-refractivity contribution is -0.147. The number of Topliss-reactive ketones (excluding diaryl/α,β-unsaturated/α-hetero) is 1. The lowest BCUT2D eigenvalue weighted by Crippen LogP contribution is -2.48. The summed E-state index contributed by atoms with van der Waals surface area (Å²) >= 11 is 0. The second-order valence-electron chi connectivity index (χ2n) is 8.94. The molecule has 2 aliphatic rings. The van der Waals surface area contributed by atoms with Crippen LogP contribution in [0.25, 0.3) is 0 Å². The second kappa shape index (κ2) is 5.95. The first-order chi connectivity index (χ1) is 10.0. The van der Waals surface area contributed by atoms with Crippen LogP contribution in [-0.4, -0.2) is 42.9 Å². The summed E-state index contributed by atoms with van der Waals surface area (Å²) in [6, 6.07) is 0. The lowest BCUT2D eigenvalue weighted by atomic mass is 9.73. The molecular formula is C18H31NO3. The maximum absolute atomic E-state index is 13.0. The smallest absolute Gasteiger partial charge is 0.233 e. The zero-order valence-corrected chi connectivity index (χ0v) is 14.9. The molecule has 1 aliphatic heterocycles. The van der Waals surface area contributed by atoms with Gasteiger partial charge in [0.2, 0.25) is 5.91 Å². The molecule has 126 valence electrons. The summed E-state index contributed by atoms with van der Waals surface area (Å²) in [4.78, 5) is 27.8. The Morgan fingerprint density at radius 3 is 2.05 bits per heavy atom.